The van der Waals surface area contributed by atoms with Gasteiger partial charge in [0.05, 0.1) is 5.02 Å². The predicted octanol–water partition coefficient (Wildman–Crippen LogP) is 3.83. The first-order valence-corrected chi connectivity index (χ1v) is 4.45. The van der Waals surface area contributed by atoms with Crippen LogP contribution in [0.5, 0.6) is 0 Å². The Bertz CT molecular complexity index is 372. The van der Waals surface area contributed by atoms with Gasteiger partial charge in [-0.15, -0.1) is 0 Å². The summed E-state index contributed by atoms with van der Waals surface area (Å²) in [5, 5.41) is 0.231. The summed E-state index contributed by atoms with van der Waals surface area (Å²) in [6, 6.07) is 3.78. The zero-order valence-electron chi connectivity index (χ0n) is 7.15. The van der Waals surface area contributed by atoms with Crippen molar-refractivity contribution < 1.29 is 13.6 Å². The smallest absolute Gasteiger partial charge is 0.287 e. The van der Waals surface area contributed by atoms with Crippen LogP contribution in [-0.4, -0.2) is 11.7 Å². The molecule has 5 heteroatoms. The summed E-state index contributed by atoms with van der Waals surface area (Å²) in [7, 11) is 0. The molecule has 0 unspecified atom stereocenters. The largest absolute Gasteiger partial charge is 0.307 e. The highest BCUT2D eigenvalue weighted by Crippen LogP contribution is 2.26. The molecule has 0 atom stereocenters. The molecule has 1 nitrogen and oxygen atoms in total. The summed E-state index contributed by atoms with van der Waals surface area (Å²) in [6.07, 6.45) is 0. The van der Waals surface area contributed by atoms with E-state index in [9.17, 15) is 13.6 Å². The Hall–Kier alpha value is -0.670. The van der Waals surface area contributed by atoms with Crippen molar-refractivity contribution in [3.8, 4) is 0 Å². The molecule has 76 valence electrons. The second-order valence-electron chi connectivity index (χ2n) is 2.84. The van der Waals surface area contributed by atoms with Gasteiger partial charge in [0, 0.05) is 17.5 Å². The first-order valence-electron chi connectivity index (χ1n) is 3.70. The summed E-state index contributed by atoms with van der Waals surface area (Å²) in [5.41, 5.74) is -0.219. The number of alkyl halides is 2. The minimum Gasteiger partial charge on any atom is -0.287 e. The Morgan fingerprint density at radius 1 is 1.36 bits per heavy atom. The van der Waals surface area contributed by atoms with E-state index in [0.29, 0.717) is 11.9 Å². The number of hydrogen-bond acceptors (Lipinski definition) is 1. The van der Waals surface area contributed by atoms with Crippen LogP contribution >= 0.6 is 23.2 Å². The van der Waals surface area contributed by atoms with E-state index in [1.165, 1.54) is 18.2 Å². The fourth-order valence-corrected chi connectivity index (χ4v) is 1.40. The Labute approximate surface area is 89.6 Å². The van der Waals surface area contributed by atoms with Crippen LogP contribution in [0.1, 0.15) is 17.3 Å². The molecule has 0 fully saturated rings. The van der Waals surface area contributed by atoms with Crippen molar-refractivity contribution in [1.29, 1.82) is 0 Å². The third-order valence-corrected chi connectivity index (χ3v) is 2.12. The van der Waals surface area contributed by atoms with Gasteiger partial charge in [-0.2, -0.15) is 8.78 Å². The summed E-state index contributed by atoms with van der Waals surface area (Å²) in [4.78, 5) is 11.1. The maximum absolute atomic E-state index is 12.6. The van der Waals surface area contributed by atoms with Gasteiger partial charge in [-0.3, -0.25) is 4.79 Å². The molecule has 0 amide bonds. The number of hydrogen-bond donors (Lipinski definition) is 0. The Morgan fingerprint density at radius 3 is 2.36 bits per heavy atom. The van der Waals surface area contributed by atoms with Crippen molar-refractivity contribution in [3.05, 3.63) is 33.8 Å². The first kappa shape index (κ1) is 11.4. The topological polar surface area (TPSA) is 17.1 Å². The Kier molecular flexibility index (Phi) is 3.12. The molecule has 1 aromatic rings. The van der Waals surface area contributed by atoms with Crippen molar-refractivity contribution in [2.45, 2.75) is 12.8 Å². The zero-order chi connectivity index (χ0) is 10.9. The lowest BCUT2D eigenvalue weighted by atomic mass is 10.1. The van der Waals surface area contributed by atoms with Gasteiger partial charge in [0.2, 0.25) is 5.78 Å². The fourth-order valence-electron chi connectivity index (χ4n) is 0.910. The molecule has 0 bridgehead atoms. The number of rotatable bonds is 2. The van der Waals surface area contributed by atoms with Gasteiger partial charge in [-0.25, -0.2) is 0 Å². The first-order chi connectivity index (χ1) is 6.32. The van der Waals surface area contributed by atoms with Gasteiger partial charge < -0.3 is 0 Å². The molecule has 0 saturated carbocycles. The number of carbonyl (C=O) groups is 1. The molecule has 0 N–H and O–H groups in total. The second-order valence-corrected chi connectivity index (χ2v) is 3.69. The normalized spacial score (nSPS) is 11.5. The second kappa shape index (κ2) is 3.83. The maximum Gasteiger partial charge on any atom is 0.307 e. The predicted molar refractivity (Wildman–Crippen MR) is 51.4 cm³/mol. The standard InChI is InChI=1S/C9H6Cl2F2O/c1-9(12,13)8(14)6-3-2-5(10)4-7(6)11/h2-4H,1H3. The number of ketones is 1. The van der Waals surface area contributed by atoms with Gasteiger partial charge in [-0.05, 0) is 18.2 Å². The highest BCUT2D eigenvalue weighted by atomic mass is 35.5. The van der Waals surface area contributed by atoms with Crippen molar-refractivity contribution in [1.82, 2.24) is 0 Å². The highest BCUT2D eigenvalue weighted by molar-refractivity contribution is 6.37. The fraction of sp³-hybridized carbons (Fsp3) is 0.222. The molecule has 0 aliphatic heterocycles. The average molecular weight is 239 g/mol. The summed E-state index contributed by atoms with van der Waals surface area (Å²) >= 11 is 11.1. The summed E-state index contributed by atoms with van der Waals surface area (Å²) < 4.78 is 25.3. The van der Waals surface area contributed by atoms with E-state index in [1.807, 2.05) is 0 Å². The number of halogens is 4. The highest BCUT2D eigenvalue weighted by Gasteiger charge is 2.34. The molecule has 1 aromatic carbocycles. The summed E-state index contributed by atoms with van der Waals surface area (Å²) in [6.45, 7) is 0.528. The number of benzene rings is 1. The van der Waals surface area contributed by atoms with Crippen LogP contribution in [0.3, 0.4) is 0 Å². The third kappa shape index (κ3) is 2.42. The van der Waals surface area contributed by atoms with Gasteiger partial charge >= 0.3 is 5.92 Å². The zero-order valence-corrected chi connectivity index (χ0v) is 8.66. The van der Waals surface area contributed by atoms with Crippen LogP contribution in [-0.2, 0) is 0 Å². The van der Waals surface area contributed by atoms with Crippen LogP contribution in [0, 0.1) is 0 Å². The van der Waals surface area contributed by atoms with Gasteiger partial charge in [-0.1, -0.05) is 23.2 Å². The molecule has 0 saturated heterocycles. The van der Waals surface area contributed by atoms with Crippen molar-refractivity contribution in [3.63, 3.8) is 0 Å². The lowest BCUT2D eigenvalue weighted by molar-refractivity contribution is 0.0222. The third-order valence-electron chi connectivity index (χ3n) is 1.57. The lowest BCUT2D eigenvalue weighted by Gasteiger charge is -2.09. The number of carbonyl (C=O) groups excluding carboxylic acids is 1. The van der Waals surface area contributed by atoms with Crippen molar-refractivity contribution in [2.24, 2.45) is 0 Å². The Balaban J connectivity index is 3.15. The molecule has 0 heterocycles. The van der Waals surface area contributed by atoms with Crippen molar-refractivity contribution >= 4 is 29.0 Å². The molecule has 1 rings (SSSR count). The quantitative estimate of drug-likeness (QED) is 0.716. The van der Waals surface area contributed by atoms with Gasteiger partial charge in [0.25, 0.3) is 0 Å². The molecule has 14 heavy (non-hydrogen) atoms. The molecule has 0 aromatic heterocycles. The molecule has 0 aliphatic rings. The molecular formula is C9H6Cl2F2O. The van der Waals surface area contributed by atoms with E-state index in [-0.39, 0.29) is 10.6 Å². The monoisotopic (exact) mass is 238 g/mol. The van der Waals surface area contributed by atoms with Gasteiger partial charge in [0.1, 0.15) is 0 Å². The minimum atomic E-state index is -3.42. The van der Waals surface area contributed by atoms with E-state index < -0.39 is 11.7 Å². The SMILES string of the molecule is CC(F)(F)C(=O)c1ccc(Cl)cc1Cl. The van der Waals surface area contributed by atoms with E-state index in [2.05, 4.69) is 0 Å². The van der Waals surface area contributed by atoms with Crippen LogP contribution in [0.25, 0.3) is 0 Å². The van der Waals surface area contributed by atoms with Crippen LogP contribution in [0.15, 0.2) is 18.2 Å². The van der Waals surface area contributed by atoms with E-state index in [1.54, 1.807) is 0 Å². The molecule has 0 radical (unpaired) electrons. The minimum absolute atomic E-state index is 0.0657. The van der Waals surface area contributed by atoms with Crippen LogP contribution in [0.4, 0.5) is 8.78 Å². The van der Waals surface area contributed by atoms with E-state index in [0.717, 1.165) is 0 Å². The van der Waals surface area contributed by atoms with Crippen molar-refractivity contribution in [2.75, 3.05) is 0 Å². The van der Waals surface area contributed by atoms with Crippen LogP contribution < -0.4 is 0 Å². The summed E-state index contributed by atoms with van der Waals surface area (Å²) in [5.74, 6) is -4.73. The maximum atomic E-state index is 12.6. The van der Waals surface area contributed by atoms with Gasteiger partial charge in [0.15, 0.2) is 0 Å². The van der Waals surface area contributed by atoms with E-state index in [4.69, 9.17) is 23.2 Å². The number of Topliss-reactive ketones (excluding diaryl/α,β-unsaturated/α-hetero) is 1. The molecule has 0 spiro atoms. The Morgan fingerprint density at radius 2 is 1.93 bits per heavy atom. The average Bonchev–Trinajstić information content (AvgIpc) is 2.01. The molecule has 0 aliphatic carbocycles. The van der Waals surface area contributed by atoms with E-state index >= 15 is 0 Å². The lowest BCUT2D eigenvalue weighted by Crippen LogP contribution is -2.24. The van der Waals surface area contributed by atoms with Crippen LogP contribution in [0.2, 0.25) is 10.0 Å². The molecular weight excluding hydrogens is 233 g/mol.